The van der Waals surface area contributed by atoms with E-state index < -0.39 is 0 Å². The van der Waals surface area contributed by atoms with Gasteiger partial charge in [-0.1, -0.05) is 12.1 Å². The van der Waals surface area contributed by atoms with Gasteiger partial charge in [-0.15, -0.1) is 0 Å². The molecule has 0 atom stereocenters. The Hall–Kier alpha value is -1.13. The van der Waals surface area contributed by atoms with Crippen LogP contribution in [0, 0.1) is 11.7 Å². The van der Waals surface area contributed by atoms with E-state index in [1.165, 1.54) is 44.6 Å². The van der Waals surface area contributed by atoms with Crippen molar-refractivity contribution in [1.29, 1.82) is 0 Å². The molecule has 2 N–H and O–H groups in total. The molecular weight excluding hydrogens is 315 g/mol. The molecule has 0 radical (unpaired) electrons. The average Bonchev–Trinajstić information content (AvgIpc) is 2.62. The lowest BCUT2D eigenvalue weighted by atomic mass is 9.78. The number of hydrogen-bond donors (Lipinski definition) is 1. The van der Waals surface area contributed by atoms with Crippen LogP contribution in [-0.2, 0) is 11.2 Å². The highest BCUT2D eigenvalue weighted by molar-refractivity contribution is 5.48. The Morgan fingerprint density at radius 1 is 1.20 bits per heavy atom. The van der Waals surface area contributed by atoms with E-state index in [2.05, 4.69) is 18.7 Å². The minimum absolute atomic E-state index is 0.284. The van der Waals surface area contributed by atoms with Gasteiger partial charge in [-0.3, -0.25) is 4.90 Å². The summed E-state index contributed by atoms with van der Waals surface area (Å²) in [6.45, 7) is 7.64. The Labute approximate surface area is 151 Å². The monoisotopic (exact) mass is 348 g/mol. The number of likely N-dealkylation sites (tertiary alicyclic amines) is 1. The predicted molar refractivity (Wildman–Crippen MR) is 101 cm³/mol. The van der Waals surface area contributed by atoms with Crippen LogP contribution in [0.15, 0.2) is 18.2 Å². The maximum absolute atomic E-state index is 13.6. The zero-order chi connectivity index (χ0) is 17.9. The fraction of sp³-hybridized carbons (Fsp3) is 0.714. The molecule has 1 aliphatic heterocycles. The molecular formula is C21H33FN2O. The molecule has 1 aliphatic carbocycles. The molecule has 4 heteroatoms. The summed E-state index contributed by atoms with van der Waals surface area (Å²) < 4.78 is 19.4. The van der Waals surface area contributed by atoms with E-state index in [1.807, 2.05) is 6.07 Å². The van der Waals surface area contributed by atoms with E-state index >= 15 is 0 Å². The molecule has 0 amide bonds. The maximum Gasteiger partial charge on any atom is 0.146 e. The second kappa shape index (κ2) is 8.05. The molecule has 1 aromatic rings. The summed E-state index contributed by atoms with van der Waals surface area (Å²) in [5, 5.41) is 0. The van der Waals surface area contributed by atoms with Gasteiger partial charge in [0.05, 0.1) is 11.8 Å². The van der Waals surface area contributed by atoms with E-state index in [1.54, 1.807) is 6.07 Å². The molecule has 2 fully saturated rings. The van der Waals surface area contributed by atoms with Crippen molar-refractivity contribution >= 4 is 5.69 Å². The lowest BCUT2D eigenvalue weighted by Crippen LogP contribution is -2.52. The smallest absolute Gasteiger partial charge is 0.146 e. The minimum atomic E-state index is -0.284. The van der Waals surface area contributed by atoms with Crippen LogP contribution in [0.2, 0.25) is 0 Å². The molecule has 0 unspecified atom stereocenters. The number of nitrogens with zero attached hydrogens (tertiary/aromatic N) is 1. The second-order valence-electron chi connectivity index (χ2n) is 8.10. The summed E-state index contributed by atoms with van der Waals surface area (Å²) in [5.74, 6) is 0.331. The quantitative estimate of drug-likeness (QED) is 0.802. The highest BCUT2D eigenvalue weighted by Gasteiger charge is 2.38. The molecule has 1 heterocycles. The van der Waals surface area contributed by atoms with E-state index in [9.17, 15) is 4.39 Å². The van der Waals surface area contributed by atoms with Crippen LogP contribution in [-0.4, -0.2) is 36.2 Å². The molecule has 1 saturated carbocycles. The summed E-state index contributed by atoms with van der Waals surface area (Å²) in [4.78, 5) is 2.70. The summed E-state index contributed by atoms with van der Waals surface area (Å²) in [6.07, 6.45) is 8.57. The van der Waals surface area contributed by atoms with Crippen LogP contribution in [0.4, 0.5) is 10.1 Å². The first kappa shape index (κ1) is 18.7. The molecule has 0 spiro atoms. The van der Waals surface area contributed by atoms with Gasteiger partial charge in [0.15, 0.2) is 0 Å². The number of ether oxygens (including phenoxy) is 1. The van der Waals surface area contributed by atoms with Gasteiger partial charge in [0.2, 0.25) is 0 Å². The van der Waals surface area contributed by atoms with Gasteiger partial charge in [0, 0.05) is 12.1 Å². The highest BCUT2D eigenvalue weighted by atomic mass is 19.1. The van der Waals surface area contributed by atoms with Crippen molar-refractivity contribution in [1.82, 2.24) is 4.90 Å². The number of rotatable bonds is 5. The van der Waals surface area contributed by atoms with Crippen molar-refractivity contribution in [3.63, 3.8) is 0 Å². The first-order valence-corrected chi connectivity index (χ1v) is 9.91. The van der Waals surface area contributed by atoms with E-state index in [-0.39, 0.29) is 5.82 Å². The number of nitrogen functional groups attached to an aromatic ring is 1. The normalized spacial score (nSPS) is 29.0. The molecule has 2 aliphatic rings. The van der Waals surface area contributed by atoms with Crippen LogP contribution in [0.3, 0.4) is 0 Å². The molecule has 1 aromatic carbocycles. The lowest BCUT2D eigenvalue weighted by Gasteiger charge is -2.48. The van der Waals surface area contributed by atoms with Gasteiger partial charge in [0.1, 0.15) is 5.82 Å². The number of nitrogens with two attached hydrogens (primary N) is 1. The second-order valence-corrected chi connectivity index (χ2v) is 8.10. The van der Waals surface area contributed by atoms with E-state index in [0.717, 1.165) is 31.7 Å². The standard InChI is InChI=1S/C21H33FN2O/c1-3-25-18-7-11-21(2,12-8-18)24-13-9-16(10-14-24)15-17-5-4-6-19(22)20(17)23/h4-6,16,18H,3,7-15,23H2,1-2H3. The van der Waals surface area contributed by atoms with Gasteiger partial charge in [0.25, 0.3) is 0 Å². The molecule has 1 saturated heterocycles. The van der Waals surface area contributed by atoms with Crippen molar-refractivity contribution < 1.29 is 9.13 Å². The summed E-state index contributed by atoms with van der Waals surface area (Å²) >= 11 is 0. The van der Waals surface area contributed by atoms with Crippen LogP contribution in [0.1, 0.15) is 57.9 Å². The third kappa shape index (κ3) is 4.35. The molecule has 140 valence electrons. The fourth-order valence-electron chi connectivity index (χ4n) is 4.68. The largest absolute Gasteiger partial charge is 0.396 e. The number of hydrogen-bond acceptors (Lipinski definition) is 3. The van der Waals surface area contributed by atoms with Crippen molar-refractivity contribution in [3.8, 4) is 0 Å². The number of para-hydroxylation sites is 1. The summed E-state index contributed by atoms with van der Waals surface area (Å²) in [7, 11) is 0. The zero-order valence-electron chi connectivity index (χ0n) is 15.8. The molecule has 0 bridgehead atoms. The minimum Gasteiger partial charge on any atom is -0.396 e. The topological polar surface area (TPSA) is 38.5 Å². The third-order valence-corrected chi connectivity index (χ3v) is 6.44. The Kier molecular flexibility index (Phi) is 6.00. The average molecular weight is 349 g/mol. The van der Waals surface area contributed by atoms with Gasteiger partial charge < -0.3 is 10.5 Å². The van der Waals surface area contributed by atoms with E-state index in [4.69, 9.17) is 10.5 Å². The number of halogens is 1. The maximum atomic E-state index is 13.6. The predicted octanol–water partition coefficient (Wildman–Crippen LogP) is 4.40. The molecule has 25 heavy (non-hydrogen) atoms. The molecule has 3 rings (SSSR count). The third-order valence-electron chi connectivity index (χ3n) is 6.44. The van der Waals surface area contributed by atoms with Crippen molar-refractivity contribution in [2.45, 2.75) is 70.4 Å². The lowest BCUT2D eigenvalue weighted by molar-refractivity contribution is -0.0280. The first-order chi connectivity index (χ1) is 12.0. The number of anilines is 1. The molecule has 0 aromatic heterocycles. The zero-order valence-corrected chi connectivity index (χ0v) is 15.8. The van der Waals surface area contributed by atoms with Crippen molar-refractivity contribution in [2.24, 2.45) is 5.92 Å². The van der Waals surface area contributed by atoms with Crippen molar-refractivity contribution in [3.05, 3.63) is 29.6 Å². The van der Waals surface area contributed by atoms with Gasteiger partial charge in [-0.25, -0.2) is 4.39 Å². The van der Waals surface area contributed by atoms with Gasteiger partial charge in [-0.2, -0.15) is 0 Å². The Morgan fingerprint density at radius 2 is 1.88 bits per heavy atom. The Morgan fingerprint density at radius 3 is 2.52 bits per heavy atom. The van der Waals surface area contributed by atoms with Crippen LogP contribution < -0.4 is 5.73 Å². The molecule has 3 nitrogen and oxygen atoms in total. The van der Waals surface area contributed by atoms with Crippen molar-refractivity contribution in [2.75, 3.05) is 25.4 Å². The van der Waals surface area contributed by atoms with Crippen LogP contribution in [0.25, 0.3) is 0 Å². The Balaban J connectivity index is 1.51. The Bertz CT molecular complexity index is 561. The number of benzene rings is 1. The van der Waals surface area contributed by atoms with Crippen LogP contribution >= 0.6 is 0 Å². The number of piperidine rings is 1. The highest BCUT2D eigenvalue weighted by Crippen LogP contribution is 2.37. The van der Waals surface area contributed by atoms with Gasteiger partial charge >= 0.3 is 0 Å². The fourth-order valence-corrected chi connectivity index (χ4v) is 4.68. The summed E-state index contributed by atoms with van der Waals surface area (Å²) in [5.41, 5.74) is 7.55. The SMILES string of the molecule is CCOC1CCC(C)(N2CCC(Cc3cccc(F)c3N)CC2)CC1. The van der Waals surface area contributed by atoms with Gasteiger partial charge in [-0.05, 0) is 89.4 Å². The van der Waals surface area contributed by atoms with E-state index in [0.29, 0.717) is 23.2 Å². The van der Waals surface area contributed by atoms with Crippen LogP contribution in [0.5, 0.6) is 0 Å². The summed E-state index contributed by atoms with van der Waals surface area (Å²) in [6, 6.07) is 5.19. The first-order valence-electron chi connectivity index (χ1n) is 9.91.